The number of carbonyl (C=O) groups is 1. The minimum absolute atomic E-state index is 0.0387. The highest BCUT2D eigenvalue weighted by molar-refractivity contribution is 7.07. The predicted octanol–water partition coefficient (Wildman–Crippen LogP) is 1.01. The lowest BCUT2D eigenvalue weighted by molar-refractivity contribution is 0.0930. The Balaban J connectivity index is 1.87. The Bertz CT molecular complexity index is 304. The van der Waals surface area contributed by atoms with Crippen LogP contribution in [0.15, 0.2) is 10.9 Å². The zero-order valence-corrected chi connectivity index (χ0v) is 9.35. The highest BCUT2D eigenvalue weighted by Gasteiger charge is 2.16. The first-order valence-corrected chi connectivity index (χ1v) is 6.20. The van der Waals surface area contributed by atoms with Crippen LogP contribution >= 0.6 is 11.3 Å². The average Bonchev–Trinajstić information content (AvgIpc) is 2.65. The van der Waals surface area contributed by atoms with Crippen molar-refractivity contribution in [2.75, 3.05) is 13.1 Å². The maximum absolute atomic E-state index is 11.7. The van der Waals surface area contributed by atoms with Crippen molar-refractivity contribution in [1.82, 2.24) is 15.6 Å². The molecule has 1 fully saturated rings. The molecule has 1 aromatic heterocycles. The van der Waals surface area contributed by atoms with Crippen molar-refractivity contribution in [3.63, 3.8) is 0 Å². The Labute approximate surface area is 93.1 Å². The number of thiazole rings is 1. The Kier molecular flexibility index (Phi) is 3.69. The van der Waals surface area contributed by atoms with Crippen LogP contribution in [-0.4, -0.2) is 30.0 Å². The second-order valence-electron chi connectivity index (χ2n) is 3.72. The zero-order valence-electron chi connectivity index (χ0n) is 8.53. The molecule has 1 amide bonds. The number of hydrogen-bond donors (Lipinski definition) is 2. The van der Waals surface area contributed by atoms with E-state index < -0.39 is 0 Å². The molecule has 0 aromatic carbocycles. The van der Waals surface area contributed by atoms with Gasteiger partial charge in [-0.15, -0.1) is 11.3 Å². The van der Waals surface area contributed by atoms with E-state index >= 15 is 0 Å². The van der Waals surface area contributed by atoms with Gasteiger partial charge in [-0.1, -0.05) is 0 Å². The summed E-state index contributed by atoms with van der Waals surface area (Å²) >= 11 is 1.45. The topological polar surface area (TPSA) is 54.0 Å². The first kappa shape index (κ1) is 10.6. The molecular formula is C10H15N3OS. The Hall–Kier alpha value is -0.940. The summed E-state index contributed by atoms with van der Waals surface area (Å²) in [6, 6.07) is 0.300. The first-order chi connectivity index (χ1) is 7.36. The highest BCUT2D eigenvalue weighted by atomic mass is 32.1. The van der Waals surface area contributed by atoms with Crippen LogP contribution in [0.1, 0.15) is 29.8 Å². The second-order valence-corrected chi connectivity index (χ2v) is 4.44. The van der Waals surface area contributed by atoms with Crippen molar-refractivity contribution < 1.29 is 4.79 Å². The molecule has 1 atom stereocenters. The van der Waals surface area contributed by atoms with Gasteiger partial charge in [0, 0.05) is 11.4 Å². The number of nitrogens with one attached hydrogen (secondary N) is 2. The molecule has 15 heavy (non-hydrogen) atoms. The van der Waals surface area contributed by atoms with Gasteiger partial charge in [-0.05, 0) is 32.4 Å². The monoisotopic (exact) mass is 225 g/mol. The Morgan fingerprint density at radius 1 is 1.53 bits per heavy atom. The lowest BCUT2D eigenvalue weighted by atomic mass is 10.1. The van der Waals surface area contributed by atoms with Gasteiger partial charge in [-0.25, -0.2) is 4.98 Å². The van der Waals surface area contributed by atoms with E-state index in [9.17, 15) is 4.79 Å². The lowest BCUT2D eigenvalue weighted by Crippen LogP contribution is -2.35. The molecule has 1 aliphatic heterocycles. The molecule has 2 N–H and O–H groups in total. The molecule has 2 heterocycles. The summed E-state index contributed by atoms with van der Waals surface area (Å²) in [6.45, 7) is 2.05. The molecule has 0 saturated carbocycles. The van der Waals surface area contributed by atoms with Gasteiger partial charge in [-0.3, -0.25) is 4.79 Å². The quantitative estimate of drug-likeness (QED) is 0.790. The fraction of sp³-hybridized carbons (Fsp3) is 0.600. The molecule has 0 spiro atoms. The average molecular weight is 225 g/mol. The minimum atomic E-state index is -0.0387. The van der Waals surface area contributed by atoms with Crippen LogP contribution in [0.3, 0.4) is 0 Å². The molecule has 0 bridgehead atoms. The number of carbonyl (C=O) groups excluding carboxylic acids is 1. The summed E-state index contributed by atoms with van der Waals surface area (Å²) in [7, 11) is 0. The maximum atomic E-state index is 11.7. The summed E-state index contributed by atoms with van der Waals surface area (Å²) in [5, 5.41) is 8.13. The summed E-state index contributed by atoms with van der Waals surface area (Å²) < 4.78 is 0. The van der Waals surface area contributed by atoms with E-state index in [0.29, 0.717) is 11.7 Å². The molecule has 0 radical (unpaired) electrons. The predicted molar refractivity (Wildman–Crippen MR) is 60.1 cm³/mol. The fourth-order valence-electron chi connectivity index (χ4n) is 1.75. The van der Waals surface area contributed by atoms with E-state index in [1.165, 1.54) is 11.3 Å². The van der Waals surface area contributed by atoms with Gasteiger partial charge in [-0.2, -0.15) is 0 Å². The highest BCUT2D eigenvalue weighted by Crippen LogP contribution is 2.07. The third kappa shape index (κ3) is 3.00. The van der Waals surface area contributed by atoms with Crippen molar-refractivity contribution in [2.45, 2.75) is 25.3 Å². The van der Waals surface area contributed by atoms with Gasteiger partial charge in [0.1, 0.15) is 5.69 Å². The normalized spacial score (nSPS) is 22.0. The minimum Gasteiger partial charge on any atom is -0.348 e. The third-order valence-corrected chi connectivity index (χ3v) is 3.16. The zero-order chi connectivity index (χ0) is 10.5. The van der Waals surface area contributed by atoms with Crippen LogP contribution in [0.2, 0.25) is 0 Å². The van der Waals surface area contributed by atoms with Crippen molar-refractivity contribution in [3.05, 3.63) is 16.6 Å². The van der Waals surface area contributed by atoms with Gasteiger partial charge in [0.05, 0.1) is 5.51 Å². The van der Waals surface area contributed by atoms with Crippen LogP contribution in [0.25, 0.3) is 0 Å². The Morgan fingerprint density at radius 2 is 2.47 bits per heavy atom. The summed E-state index contributed by atoms with van der Waals surface area (Å²) in [6.07, 6.45) is 3.20. The van der Waals surface area contributed by atoms with E-state index in [4.69, 9.17) is 0 Å². The standard InChI is InChI=1S/C10H15N3OS/c14-10(9-6-15-7-12-9)13-8-2-1-4-11-5-3-8/h6-8,11H,1-5H2,(H,13,14). The van der Waals surface area contributed by atoms with Gasteiger partial charge < -0.3 is 10.6 Å². The molecule has 4 nitrogen and oxygen atoms in total. The van der Waals surface area contributed by atoms with Crippen LogP contribution in [0, 0.1) is 0 Å². The molecule has 1 aliphatic rings. The molecular weight excluding hydrogens is 210 g/mol. The third-order valence-electron chi connectivity index (χ3n) is 2.58. The number of rotatable bonds is 2. The number of aromatic nitrogens is 1. The van der Waals surface area contributed by atoms with Crippen molar-refractivity contribution in [2.24, 2.45) is 0 Å². The van der Waals surface area contributed by atoms with Crippen molar-refractivity contribution >= 4 is 17.2 Å². The molecule has 1 saturated heterocycles. The molecule has 0 aliphatic carbocycles. The van der Waals surface area contributed by atoms with Gasteiger partial charge in [0.15, 0.2) is 0 Å². The van der Waals surface area contributed by atoms with Gasteiger partial charge in [0.25, 0.3) is 5.91 Å². The smallest absolute Gasteiger partial charge is 0.270 e. The SMILES string of the molecule is O=C(NC1CCCNCC1)c1cscn1. The van der Waals surface area contributed by atoms with Crippen molar-refractivity contribution in [1.29, 1.82) is 0 Å². The van der Waals surface area contributed by atoms with E-state index in [1.807, 2.05) is 0 Å². The van der Waals surface area contributed by atoms with E-state index in [-0.39, 0.29) is 5.91 Å². The van der Waals surface area contributed by atoms with E-state index in [1.54, 1.807) is 10.9 Å². The molecule has 1 unspecified atom stereocenters. The van der Waals surface area contributed by atoms with E-state index in [0.717, 1.165) is 32.4 Å². The maximum Gasteiger partial charge on any atom is 0.270 e. The van der Waals surface area contributed by atoms with Crippen LogP contribution in [0.5, 0.6) is 0 Å². The number of amides is 1. The van der Waals surface area contributed by atoms with Crippen LogP contribution in [-0.2, 0) is 0 Å². The largest absolute Gasteiger partial charge is 0.348 e. The van der Waals surface area contributed by atoms with Crippen LogP contribution < -0.4 is 10.6 Å². The molecule has 5 heteroatoms. The summed E-state index contributed by atoms with van der Waals surface area (Å²) in [5.41, 5.74) is 2.22. The van der Waals surface area contributed by atoms with Gasteiger partial charge in [0.2, 0.25) is 0 Å². The molecule has 82 valence electrons. The Morgan fingerprint density at radius 3 is 3.27 bits per heavy atom. The van der Waals surface area contributed by atoms with E-state index in [2.05, 4.69) is 15.6 Å². The number of hydrogen-bond acceptors (Lipinski definition) is 4. The van der Waals surface area contributed by atoms with Gasteiger partial charge >= 0.3 is 0 Å². The summed E-state index contributed by atoms with van der Waals surface area (Å²) in [4.78, 5) is 15.7. The first-order valence-electron chi connectivity index (χ1n) is 5.26. The van der Waals surface area contributed by atoms with Crippen LogP contribution in [0.4, 0.5) is 0 Å². The fourth-order valence-corrected chi connectivity index (χ4v) is 2.28. The molecule has 2 rings (SSSR count). The summed E-state index contributed by atoms with van der Waals surface area (Å²) in [5.74, 6) is -0.0387. The molecule has 1 aromatic rings. The lowest BCUT2D eigenvalue weighted by Gasteiger charge is -2.14. The number of nitrogens with zero attached hydrogens (tertiary/aromatic N) is 1. The second kappa shape index (κ2) is 5.23. The van der Waals surface area contributed by atoms with Crippen molar-refractivity contribution in [3.8, 4) is 0 Å².